The third-order valence-corrected chi connectivity index (χ3v) is 12.4. The van der Waals surface area contributed by atoms with E-state index in [1.807, 2.05) is 27.2 Å². The van der Waals surface area contributed by atoms with Crippen molar-refractivity contribution in [1.82, 2.24) is 5.32 Å². The molecule has 0 saturated heterocycles. The van der Waals surface area contributed by atoms with E-state index in [0.29, 0.717) is 17.4 Å². The number of carbonyl (C=O) groups excluding carboxylic acids is 1. The second-order valence-corrected chi connectivity index (χ2v) is 19.9. The number of rotatable bonds is 46. The van der Waals surface area contributed by atoms with Crippen LogP contribution in [0, 0.1) is 0 Å². The summed E-state index contributed by atoms with van der Waals surface area (Å²) < 4.78 is 23.2. The molecule has 0 heterocycles. The average Bonchev–Trinajstić information content (AvgIpc) is 3.19. The normalized spacial score (nSPS) is 14.4. The molecular weight excluding hydrogens is 756 g/mol. The third-order valence-electron chi connectivity index (χ3n) is 11.4. The SMILES string of the molecule is CCCCCCCCCCCCC/C=C/CC/C=C/C(O)C(COP(=O)([O-])OCC[N+](C)(C)C)NC(=O)CCCCCCCCCCCCCCCCCCCCCC. The van der Waals surface area contributed by atoms with Crippen molar-refractivity contribution in [2.45, 2.75) is 251 Å². The highest BCUT2D eigenvalue weighted by Crippen LogP contribution is 2.38. The van der Waals surface area contributed by atoms with Gasteiger partial charge in [0.15, 0.2) is 0 Å². The number of hydrogen-bond acceptors (Lipinski definition) is 6. The molecule has 0 aliphatic carbocycles. The first-order valence-corrected chi connectivity index (χ1v) is 26.7. The Balaban J connectivity index is 4.33. The maximum Gasteiger partial charge on any atom is 0.268 e. The van der Waals surface area contributed by atoms with Crippen molar-refractivity contribution in [3.8, 4) is 0 Å². The lowest BCUT2D eigenvalue weighted by atomic mass is 10.0. The largest absolute Gasteiger partial charge is 0.756 e. The molecule has 0 aromatic heterocycles. The van der Waals surface area contributed by atoms with Crippen LogP contribution < -0.4 is 10.2 Å². The van der Waals surface area contributed by atoms with Crippen molar-refractivity contribution in [3.05, 3.63) is 24.3 Å². The molecule has 0 bridgehead atoms. The highest BCUT2D eigenvalue weighted by molar-refractivity contribution is 7.45. The molecule has 0 saturated carbocycles. The average molecular weight is 855 g/mol. The quantitative estimate of drug-likeness (QED) is 0.0273. The van der Waals surface area contributed by atoms with E-state index in [1.54, 1.807) is 6.08 Å². The summed E-state index contributed by atoms with van der Waals surface area (Å²) in [4.78, 5) is 25.4. The van der Waals surface area contributed by atoms with Crippen LogP contribution in [0.25, 0.3) is 0 Å². The fourth-order valence-corrected chi connectivity index (χ4v) is 8.13. The molecule has 1 amide bonds. The fourth-order valence-electron chi connectivity index (χ4n) is 7.41. The summed E-state index contributed by atoms with van der Waals surface area (Å²) >= 11 is 0. The van der Waals surface area contributed by atoms with Crippen LogP contribution in [0.1, 0.15) is 239 Å². The zero-order valence-corrected chi connectivity index (χ0v) is 40.6. The predicted octanol–water partition coefficient (Wildman–Crippen LogP) is 13.8. The van der Waals surface area contributed by atoms with E-state index in [9.17, 15) is 19.4 Å². The maximum atomic E-state index is 12.9. The van der Waals surface area contributed by atoms with Crippen LogP contribution in [0.2, 0.25) is 0 Å². The summed E-state index contributed by atoms with van der Waals surface area (Å²) in [6, 6.07) is -0.898. The Kier molecular flexibility index (Phi) is 41.6. The van der Waals surface area contributed by atoms with Crippen molar-refractivity contribution in [1.29, 1.82) is 0 Å². The summed E-state index contributed by atoms with van der Waals surface area (Å²) in [6.45, 7) is 4.65. The van der Waals surface area contributed by atoms with E-state index < -0.39 is 20.0 Å². The Morgan fingerprint density at radius 3 is 1.37 bits per heavy atom. The lowest BCUT2D eigenvalue weighted by Gasteiger charge is -2.29. The highest BCUT2D eigenvalue weighted by Gasteiger charge is 2.23. The van der Waals surface area contributed by atoms with Gasteiger partial charge in [-0.3, -0.25) is 9.36 Å². The van der Waals surface area contributed by atoms with Crippen LogP contribution in [0.3, 0.4) is 0 Å². The molecule has 0 aliphatic heterocycles. The number of allylic oxidation sites excluding steroid dienone is 3. The standard InChI is InChI=1S/C50H99N2O6P/c1-6-8-10-12-14-16-18-20-22-24-25-26-28-30-32-34-36-38-40-42-44-50(54)51-48(47-58-59(55,56)57-46-45-52(3,4)5)49(53)43-41-39-37-35-33-31-29-27-23-21-19-17-15-13-11-9-7-2/h33,35,41,43,48-49,53H,6-32,34,36-40,42,44-47H2,1-5H3,(H-,51,54,55,56)/b35-33+,43-41+. The molecule has 0 radical (unpaired) electrons. The third kappa shape index (κ3) is 44.8. The molecule has 0 spiro atoms. The molecular formula is C50H99N2O6P. The van der Waals surface area contributed by atoms with Crippen molar-refractivity contribution in [2.75, 3.05) is 40.9 Å². The second kappa shape index (κ2) is 42.3. The topological polar surface area (TPSA) is 108 Å². The van der Waals surface area contributed by atoms with E-state index in [0.717, 1.165) is 38.5 Å². The zero-order valence-electron chi connectivity index (χ0n) is 39.7. The van der Waals surface area contributed by atoms with E-state index in [-0.39, 0.29) is 19.1 Å². The van der Waals surface area contributed by atoms with E-state index in [4.69, 9.17) is 9.05 Å². The Bertz CT molecular complexity index is 1020. The monoisotopic (exact) mass is 855 g/mol. The minimum Gasteiger partial charge on any atom is -0.756 e. The lowest BCUT2D eigenvalue weighted by Crippen LogP contribution is -2.45. The summed E-state index contributed by atoms with van der Waals surface area (Å²) in [6.07, 6.45) is 50.9. The smallest absolute Gasteiger partial charge is 0.268 e. The predicted molar refractivity (Wildman–Crippen MR) is 252 cm³/mol. The van der Waals surface area contributed by atoms with Gasteiger partial charge < -0.3 is 28.8 Å². The Morgan fingerprint density at radius 2 is 0.949 bits per heavy atom. The molecule has 0 aromatic rings. The number of carbonyl (C=O) groups is 1. The summed E-state index contributed by atoms with van der Waals surface area (Å²) in [5.41, 5.74) is 0. The number of phosphoric ester groups is 1. The molecule has 2 N–H and O–H groups in total. The van der Waals surface area contributed by atoms with Crippen LogP contribution >= 0.6 is 7.82 Å². The van der Waals surface area contributed by atoms with Crippen LogP contribution in [0.5, 0.6) is 0 Å². The van der Waals surface area contributed by atoms with Gasteiger partial charge in [-0.15, -0.1) is 0 Å². The van der Waals surface area contributed by atoms with Crippen LogP contribution in [-0.2, 0) is 18.4 Å². The van der Waals surface area contributed by atoms with Gasteiger partial charge in [0.05, 0.1) is 39.9 Å². The maximum absolute atomic E-state index is 12.9. The van der Waals surface area contributed by atoms with Crippen LogP contribution in [0.15, 0.2) is 24.3 Å². The van der Waals surface area contributed by atoms with Gasteiger partial charge in [0.25, 0.3) is 7.82 Å². The summed E-state index contributed by atoms with van der Waals surface area (Å²) in [7, 11) is 1.25. The number of nitrogens with zero attached hydrogens (tertiary/aromatic N) is 1. The Labute approximate surface area is 366 Å². The van der Waals surface area contributed by atoms with Crippen molar-refractivity contribution >= 4 is 13.7 Å². The minimum atomic E-state index is -4.60. The van der Waals surface area contributed by atoms with Gasteiger partial charge in [-0.2, -0.15) is 0 Å². The number of quaternary nitrogens is 1. The van der Waals surface area contributed by atoms with Crippen LogP contribution in [-0.4, -0.2) is 68.5 Å². The van der Waals surface area contributed by atoms with Crippen LogP contribution in [0.4, 0.5) is 0 Å². The number of nitrogens with one attached hydrogen (secondary N) is 1. The van der Waals surface area contributed by atoms with Gasteiger partial charge in [-0.25, -0.2) is 0 Å². The fraction of sp³-hybridized carbons (Fsp3) is 0.900. The number of hydrogen-bond donors (Lipinski definition) is 2. The number of aliphatic hydroxyl groups excluding tert-OH is 1. The minimum absolute atomic E-state index is 0.00400. The molecule has 59 heavy (non-hydrogen) atoms. The molecule has 0 aliphatic rings. The van der Waals surface area contributed by atoms with E-state index >= 15 is 0 Å². The number of unbranched alkanes of at least 4 members (excludes halogenated alkanes) is 31. The van der Waals surface area contributed by atoms with Crippen molar-refractivity contribution in [3.63, 3.8) is 0 Å². The second-order valence-electron chi connectivity index (χ2n) is 18.5. The van der Waals surface area contributed by atoms with Gasteiger partial charge in [-0.1, -0.05) is 224 Å². The molecule has 3 unspecified atom stereocenters. The molecule has 9 heteroatoms. The molecule has 0 rings (SSSR count). The van der Waals surface area contributed by atoms with Gasteiger partial charge >= 0.3 is 0 Å². The highest BCUT2D eigenvalue weighted by atomic mass is 31.2. The zero-order chi connectivity index (χ0) is 43.6. The first-order valence-electron chi connectivity index (χ1n) is 25.2. The van der Waals surface area contributed by atoms with Gasteiger partial charge in [0.2, 0.25) is 5.91 Å². The first kappa shape index (κ1) is 58.0. The number of likely N-dealkylation sites (N-methyl/N-ethyl adjacent to an activating group) is 1. The Hall–Kier alpha value is -1.02. The van der Waals surface area contributed by atoms with E-state index in [2.05, 4.69) is 31.3 Å². The van der Waals surface area contributed by atoms with Crippen molar-refractivity contribution < 1.29 is 32.9 Å². The summed E-state index contributed by atoms with van der Waals surface area (Å²) in [5.74, 6) is -0.203. The van der Waals surface area contributed by atoms with E-state index in [1.165, 1.54) is 180 Å². The molecule has 350 valence electrons. The molecule has 0 aromatic carbocycles. The van der Waals surface area contributed by atoms with Gasteiger partial charge in [-0.05, 0) is 32.1 Å². The number of phosphoric acid groups is 1. The first-order chi connectivity index (χ1) is 28.5. The van der Waals surface area contributed by atoms with Gasteiger partial charge in [0, 0.05) is 6.42 Å². The summed E-state index contributed by atoms with van der Waals surface area (Å²) in [5, 5.41) is 13.8. The van der Waals surface area contributed by atoms with Gasteiger partial charge in [0.1, 0.15) is 13.2 Å². The number of amides is 1. The molecule has 0 fully saturated rings. The lowest BCUT2D eigenvalue weighted by molar-refractivity contribution is -0.870. The molecule has 8 nitrogen and oxygen atoms in total. The molecule has 3 atom stereocenters. The van der Waals surface area contributed by atoms with Crippen molar-refractivity contribution in [2.24, 2.45) is 0 Å². The Morgan fingerprint density at radius 1 is 0.576 bits per heavy atom. The number of aliphatic hydroxyl groups is 1.